The number of carboxylic acid groups (broad SMARTS) is 1. The van der Waals surface area contributed by atoms with Crippen molar-refractivity contribution in [3.63, 3.8) is 0 Å². The van der Waals surface area contributed by atoms with Gasteiger partial charge in [0, 0.05) is 6.54 Å². The van der Waals surface area contributed by atoms with E-state index in [4.69, 9.17) is 14.6 Å². The summed E-state index contributed by atoms with van der Waals surface area (Å²) in [5.74, 6) is -1.28. The Morgan fingerprint density at radius 2 is 1.93 bits per heavy atom. The summed E-state index contributed by atoms with van der Waals surface area (Å²) in [7, 11) is -2.53. The first-order valence-electron chi connectivity index (χ1n) is 8.43. The van der Waals surface area contributed by atoms with Crippen molar-refractivity contribution in [2.45, 2.75) is 18.2 Å². The maximum atomic E-state index is 13.1. The zero-order valence-electron chi connectivity index (χ0n) is 15.3. The Kier molecular flexibility index (Phi) is 5.28. The fraction of sp³-hybridized carbons (Fsp3) is 0.263. The van der Waals surface area contributed by atoms with Gasteiger partial charge in [0.05, 0.1) is 23.3 Å². The molecule has 0 bridgehead atoms. The quantitative estimate of drug-likeness (QED) is 0.732. The molecule has 8 nitrogen and oxygen atoms in total. The molecule has 1 aliphatic rings. The smallest absolute Gasteiger partial charge is 0.341 e. The van der Waals surface area contributed by atoms with E-state index in [0.29, 0.717) is 29.0 Å². The number of fused-ring (bicyclic) bond motifs is 1. The van der Waals surface area contributed by atoms with Gasteiger partial charge in [-0.1, -0.05) is 0 Å². The van der Waals surface area contributed by atoms with Gasteiger partial charge in [-0.05, 0) is 60.9 Å². The number of esters is 1. The number of carbonyl (C=O) groups is 2. The molecule has 0 fully saturated rings. The number of nitrogens with zero attached hydrogens (tertiary/aromatic N) is 1. The number of benzene rings is 2. The van der Waals surface area contributed by atoms with Crippen LogP contribution < -0.4 is 9.04 Å². The molecule has 0 amide bonds. The minimum atomic E-state index is -3.82. The van der Waals surface area contributed by atoms with E-state index in [-0.39, 0.29) is 11.4 Å². The maximum Gasteiger partial charge on any atom is 0.341 e. The highest BCUT2D eigenvalue weighted by Crippen LogP contribution is 2.34. The predicted molar refractivity (Wildman–Crippen MR) is 100 cm³/mol. The third-order valence-electron chi connectivity index (χ3n) is 4.44. The third-order valence-corrected chi connectivity index (χ3v) is 6.25. The minimum Gasteiger partial charge on any atom is -0.482 e. The molecule has 2 aromatic rings. The normalized spacial score (nSPS) is 13.1. The molecule has 0 saturated heterocycles. The second-order valence-corrected chi connectivity index (χ2v) is 8.13. The van der Waals surface area contributed by atoms with Crippen molar-refractivity contribution in [1.29, 1.82) is 0 Å². The third kappa shape index (κ3) is 3.65. The molecule has 0 atom stereocenters. The summed E-state index contributed by atoms with van der Waals surface area (Å²) in [6, 6.07) is 9.07. The van der Waals surface area contributed by atoms with Crippen LogP contribution >= 0.6 is 0 Å². The molecule has 0 spiro atoms. The van der Waals surface area contributed by atoms with E-state index in [1.165, 1.54) is 35.7 Å². The molecule has 1 aliphatic heterocycles. The number of hydrogen-bond acceptors (Lipinski definition) is 6. The van der Waals surface area contributed by atoms with Crippen LogP contribution in [0.25, 0.3) is 0 Å². The summed E-state index contributed by atoms with van der Waals surface area (Å²) in [4.78, 5) is 22.4. The fourth-order valence-corrected chi connectivity index (χ4v) is 4.67. The van der Waals surface area contributed by atoms with E-state index in [9.17, 15) is 18.0 Å². The van der Waals surface area contributed by atoms with Crippen LogP contribution in [-0.4, -0.2) is 45.7 Å². The highest BCUT2D eigenvalue weighted by Gasteiger charge is 2.31. The predicted octanol–water partition coefficient (Wildman–Crippen LogP) is 2.00. The van der Waals surface area contributed by atoms with Crippen molar-refractivity contribution in [3.05, 3.63) is 53.1 Å². The number of methoxy groups -OCH3 is 1. The molecule has 1 N–H and O–H groups in total. The average Bonchev–Trinajstić information content (AvgIpc) is 3.10. The molecule has 1 heterocycles. The summed E-state index contributed by atoms with van der Waals surface area (Å²) < 4.78 is 37.3. The molecular formula is C19H19NO7S. The Bertz CT molecular complexity index is 1050. The van der Waals surface area contributed by atoms with Gasteiger partial charge in [-0.3, -0.25) is 4.31 Å². The van der Waals surface area contributed by atoms with Crippen LogP contribution in [-0.2, 0) is 26.0 Å². The van der Waals surface area contributed by atoms with Crippen LogP contribution in [0, 0.1) is 6.92 Å². The second-order valence-electron chi connectivity index (χ2n) is 6.27. The van der Waals surface area contributed by atoms with Crippen molar-refractivity contribution >= 4 is 27.6 Å². The topological polar surface area (TPSA) is 110 Å². The summed E-state index contributed by atoms with van der Waals surface area (Å²) in [5, 5.41) is 8.70. The lowest BCUT2D eigenvalue weighted by molar-refractivity contribution is -0.139. The molecular weight excluding hydrogens is 386 g/mol. The zero-order valence-corrected chi connectivity index (χ0v) is 16.2. The molecule has 9 heteroatoms. The molecule has 0 aliphatic carbocycles. The lowest BCUT2D eigenvalue weighted by atomic mass is 10.1. The van der Waals surface area contributed by atoms with E-state index in [0.717, 1.165) is 5.56 Å². The van der Waals surface area contributed by atoms with Gasteiger partial charge in [-0.15, -0.1) is 0 Å². The van der Waals surface area contributed by atoms with E-state index >= 15 is 0 Å². The van der Waals surface area contributed by atoms with E-state index in [2.05, 4.69) is 0 Å². The van der Waals surface area contributed by atoms with Gasteiger partial charge in [-0.2, -0.15) is 0 Å². The zero-order chi connectivity index (χ0) is 20.5. The minimum absolute atomic E-state index is 0.0811. The molecule has 0 aromatic heterocycles. The number of carboxylic acids is 1. The van der Waals surface area contributed by atoms with Crippen LogP contribution in [0.3, 0.4) is 0 Å². The van der Waals surface area contributed by atoms with Crippen molar-refractivity contribution < 1.29 is 32.6 Å². The van der Waals surface area contributed by atoms with E-state index < -0.39 is 28.6 Å². The van der Waals surface area contributed by atoms with Gasteiger partial charge in [0.1, 0.15) is 5.75 Å². The summed E-state index contributed by atoms with van der Waals surface area (Å²) >= 11 is 0. The monoisotopic (exact) mass is 405 g/mol. The highest BCUT2D eigenvalue weighted by atomic mass is 32.2. The SMILES string of the molecule is COC(=O)c1ccc2c(c1)CCN2S(=O)(=O)c1ccc(OCC(=O)O)c(C)c1. The van der Waals surface area contributed by atoms with Crippen LogP contribution in [0.4, 0.5) is 5.69 Å². The number of carbonyl (C=O) groups excluding carboxylic acids is 1. The number of hydrogen-bond donors (Lipinski definition) is 1. The number of rotatable bonds is 6. The standard InChI is InChI=1S/C19H19NO7S/c1-12-9-15(4-6-17(12)27-11-18(21)22)28(24,25)20-8-7-13-10-14(19(23)26-2)3-5-16(13)20/h3-6,9-10H,7-8,11H2,1-2H3,(H,21,22). The molecule has 28 heavy (non-hydrogen) atoms. The van der Waals surface area contributed by atoms with Crippen LogP contribution in [0.15, 0.2) is 41.3 Å². The van der Waals surface area contributed by atoms with Crippen LogP contribution in [0.1, 0.15) is 21.5 Å². The van der Waals surface area contributed by atoms with E-state index in [1.54, 1.807) is 19.1 Å². The Morgan fingerprint density at radius 1 is 1.18 bits per heavy atom. The Hall–Kier alpha value is -3.07. The van der Waals surface area contributed by atoms with Gasteiger partial charge in [0.2, 0.25) is 0 Å². The Labute approximate surface area is 162 Å². The summed E-state index contributed by atoms with van der Waals surface area (Å²) in [6.45, 7) is 1.41. The Balaban J connectivity index is 1.90. The summed E-state index contributed by atoms with van der Waals surface area (Å²) in [6.07, 6.45) is 0.484. The number of anilines is 1. The molecule has 0 radical (unpaired) electrons. The first kappa shape index (κ1) is 19.7. The van der Waals surface area contributed by atoms with Gasteiger partial charge in [-0.25, -0.2) is 18.0 Å². The number of ether oxygens (including phenoxy) is 2. The second kappa shape index (κ2) is 7.51. The van der Waals surface area contributed by atoms with Crippen LogP contribution in [0.5, 0.6) is 5.75 Å². The average molecular weight is 405 g/mol. The number of aliphatic carboxylic acids is 1. The van der Waals surface area contributed by atoms with Gasteiger partial charge >= 0.3 is 11.9 Å². The summed E-state index contributed by atoms with van der Waals surface area (Å²) in [5.41, 5.74) is 2.17. The fourth-order valence-electron chi connectivity index (χ4n) is 3.08. The van der Waals surface area contributed by atoms with Crippen molar-refractivity contribution in [2.75, 3.05) is 24.6 Å². The maximum absolute atomic E-state index is 13.1. The van der Waals surface area contributed by atoms with Crippen molar-refractivity contribution in [1.82, 2.24) is 0 Å². The van der Waals surface area contributed by atoms with Gasteiger partial charge in [0.15, 0.2) is 6.61 Å². The molecule has 148 valence electrons. The lowest BCUT2D eigenvalue weighted by Crippen LogP contribution is -2.29. The molecule has 3 rings (SSSR count). The number of sulfonamides is 1. The van der Waals surface area contributed by atoms with E-state index in [1.807, 2.05) is 0 Å². The van der Waals surface area contributed by atoms with Gasteiger partial charge < -0.3 is 14.6 Å². The van der Waals surface area contributed by atoms with Crippen molar-refractivity contribution in [3.8, 4) is 5.75 Å². The first-order chi connectivity index (χ1) is 13.2. The Morgan fingerprint density at radius 3 is 2.57 bits per heavy atom. The van der Waals surface area contributed by atoms with Crippen molar-refractivity contribution in [2.24, 2.45) is 0 Å². The van der Waals surface area contributed by atoms with Gasteiger partial charge in [0.25, 0.3) is 10.0 Å². The highest BCUT2D eigenvalue weighted by molar-refractivity contribution is 7.92. The first-order valence-corrected chi connectivity index (χ1v) is 9.87. The lowest BCUT2D eigenvalue weighted by Gasteiger charge is -2.20. The molecule has 0 saturated carbocycles. The molecule has 2 aromatic carbocycles. The van der Waals surface area contributed by atoms with Crippen LogP contribution in [0.2, 0.25) is 0 Å². The number of aryl methyl sites for hydroxylation is 1. The largest absolute Gasteiger partial charge is 0.482 e. The molecule has 0 unspecified atom stereocenters.